The first-order valence-electron chi connectivity index (χ1n) is 5.17. The van der Waals surface area contributed by atoms with Gasteiger partial charge in [-0.05, 0) is 37.4 Å². The minimum atomic E-state index is -0.427. The summed E-state index contributed by atoms with van der Waals surface area (Å²) in [6, 6.07) is 3.44. The molecule has 1 N–H and O–H groups in total. The molecule has 1 saturated carbocycles. The fourth-order valence-electron chi connectivity index (χ4n) is 1.40. The number of carbonyl (C=O) groups excluding carboxylic acids is 1. The van der Waals surface area contributed by atoms with E-state index in [0.29, 0.717) is 6.54 Å². The Morgan fingerprint density at radius 1 is 1.60 bits per heavy atom. The molecule has 1 heterocycles. The monoisotopic (exact) mass is 209 g/mol. The van der Waals surface area contributed by atoms with Crippen molar-refractivity contribution < 1.29 is 13.9 Å². The average molecular weight is 209 g/mol. The first-order chi connectivity index (χ1) is 7.29. The van der Waals surface area contributed by atoms with Gasteiger partial charge in [0.1, 0.15) is 5.76 Å². The van der Waals surface area contributed by atoms with Crippen LogP contribution in [0, 0.1) is 5.92 Å². The van der Waals surface area contributed by atoms with Crippen molar-refractivity contribution in [1.29, 1.82) is 0 Å². The van der Waals surface area contributed by atoms with Gasteiger partial charge < -0.3 is 14.5 Å². The van der Waals surface area contributed by atoms with Crippen LogP contribution >= 0.6 is 0 Å². The van der Waals surface area contributed by atoms with E-state index < -0.39 is 5.97 Å². The predicted molar refractivity (Wildman–Crippen MR) is 54.5 cm³/mol. The molecule has 0 bridgehead atoms. The third kappa shape index (κ3) is 2.83. The van der Waals surface area contributed by atoms with Gasteiger partial charge in [0, 0.05) is 0 Å². The standard InChI is InChI=1S/C11H15NO3/c1-14-11(13)10-5-4-9(15-10)7-12-6-8-2-3-8/h4-5,8,12H,2-3,6-7H2,1H3. The van der Waals surface area contributed by atoms with Gasteiger partial charge in [-0.15, -0.1) is 0 Å². The molecule has 82 valence electrons. The van der Waals surface area contributed by atoms with Crippen molar-refractivity contribution in [3.8, 4) is 0 Å². The lowest BCUT2D eigenvalue weighted by Gasteiger charge is -1.99. The van der Waals surface area contributed by atoms with Crippen molar-refractivity contribution in [1.82, 2.24) is 5.32 Å². The zero-order valence-electron chi connectivity index (χ0n) is 8.79. The SMILES string of the molecule is COC(=O)c1ccc(CNCC2CC2)o1. The van der Waals surface area contributed by atoms with Crippen LogP contribution in [-0.2, 0) is 11.3 Å². The number of rotatable bonds is 5. The Kier molecular flexibility index (Phi) is 3.06. The van der Waals surface area contributed by atoms with Crippen LogP contribution < -0.4 is 5.32 Å². The third-order valence-electron chi connectivity index (χ3n) is 2.48. The molecule has 4 heteroatoms. The van der Waals surface area contributed by atoms with Gasteiger partial charge in [-0.25, -0.2) is 4.79 Å². The highest BCUT2D eigenvalue weighted by molar-refractivity contribution is 5.86. The Hall–Kier alpha value is -1.29. The summed E-state index contributed by atoms with van der Waals surface area (Å²) in [6.07, 6.45) is 2.66. The largest absolute Gasteiger partial charge is 0.463 e. The molecular weight excluding hydrogens is 194 g/mol. The molecule has 0 amide bonds. The molecule has 2 rings (SSSR count). The Morgan fingerprint density at radius 3 is 3.07 bits per heavy atom. The summed E-state index contributed by atoms with van der Waals surface area (Å²) in [5.41, 5.74) is 0. The lowest BCUT2D eigenvalue weighted by molar-refractivity contribution is 0.0563. The first-order valence-corrected chi connectivity index (χ1v) is 5.17. The number of methoxy groups -OCH3 is 1. The normalized spacial score (nSPS) is 15.3. The van der Waals surface area contributed by atoms with Gasteiger partial charge in [0.25, 0.3) is 0 Å². The second kappa shape index (κ2) is 4.49. The van der Waals surface area contributed by atoms with Gasteiger partial charge in [-0.2, -0.15) is 0 Å². The van der Waals surface area contributed by atoms with E-state index >= 15 is 0 Å². The van der Waals surface area contributed by atoms with Crippen LogP contribution in [0.2, 0.25) is 0 Å². The van der Waals surface area contributed by atoms with Gasteiger partial charge in [-0.3, -0.25) is 0 Å². The third-order valence-corrected chi connectivity index (χ3v) is 2.48. The lowest BCUT2D eigenvalue weighted by Crippen LogP contribution is -2.15. The van der Waals surface area contributed by atoms with E-state index in [1.54, 1.807) is 12.1 Å². The Balaban J connectivity index is 1.80. The Morgan fingerprint density at radius 2 is 2.40 bits per heavy atom. The molecule has 4 nitrogen and oxygen atoms in total. The lowest BCUT2D eigenvalue weighted by atomic mass is 10.4. The highest BCUT2D eigenvalue weighted by Gasteiger charge is 2.20. The molecule has 0 aromatic carbocycles. The van der Waals surface area contributed by atoms with Crippen LogP contribution in [0.5, 0.6) is 0 Å². The van der Waals surface area contributed by atoms with Crippen molar-refractivity contribution in [2.45, 2.75) is 19.4 Å². The van der Waals surface area contributed by atoms with Crippen molar-refractivity contribution in [2.24, 2.45) is 5.92 Å². The number of esters is 1. The van der Waals surface area contributed by atoms with Crippen LogP contribution in [0.25, 0.3) is 0 Å². The molecule has 0 atom stereocenters. The van der Waals surface area contributed by atoms with Gasteiger partial charge in [0.05, 0.1) is 13.7 Å². The van der Waals surface area contributed by atoms with E-state index in [2.05, 4.69) is 10.1 Å². The fourth-order valence-corrected chi connectivity index (χ4v) is 1.40. The van der Waals surface area contributed by atoms with E-state index in [1.807, 2.05) is 0 Å². The number of carbonyl (C=O) groups is 1. The summed E-state index contributed by atoms with van der Waals surface area (Å²) < 4.78 is 9.85. The zero-order chi connectivity index (χ0) is 10.7. The molecule has 0 spiro atoms. The molecule has 0 saturated heterocycles. The molecule has 0 unspecified atom stereocenters. The van der Waals surface area contributed by atoms with Crippen LogP contribution in [0.15, 0.2) is 16.5 Å². The number of hydrogen-bond donors (Lipinski definition) is 1. The zero-order valence-corrected chi connectivity index (χ0v) is 8.79. The van der Waals surface area contributed by atoms with Gasteiger partial charge >= 0.3 is 5.97 Å². The Labute approximate surface area is 88.6 Å². The van der Waals surface area contributed by atoms with E-state index in [9.17, 15) is 4.79 Å². The maximum absolute atomic E-state index is 11.1. The number of nitrogens with one attached hydrogen (secondary N) is 1. The quantitative estimate of drug-likeness (QED) is 0.748. The molecule has 0 aliphatic heterocycles. The van der Waals surface area contributed by atoms with E-state index in [4.69, 9.17) is 4.42 Å². The maximum Gasteiger partial charge on any atom is 0.373 e. The van der Waals surface area contributed by atoms with E-state index in [-0.39, 0.29) is 5.76 Å². The van der Waals surface area contributed by atoms with E-state index in [0.717, 1.165) is 18.2 Å². The van der Waals surface area contributed by atoms with E-state index in [1.165, 1.54) is 20.0 Å². The van der Waals surface area contributed by atoms with Gasteiger partial charge in [-0.1, -0.05) is 0 Å². The molecule has 15 heavy (non-hydrogen) atoms. The Bertz CT molecular complexity index is 341. The summed E-state index contributed by atoms with van der Waals surface area (Å²) in [7, 11) is 1.34. The molecule has 1 fully saturated rings. The van der Waals surface area contributed by atoms with Gasteiger partial charge in [0.2, 0.25) is 5.76 Å². The summed E-state index contributed by atoms with van der Waals surface area (Å²) >= 11 is 0. The highest BCUT2D eigenvalue weighted by Crippen LogP contribution is 2.27. The maximum atomic E-state index is 11.1. The van der Waals surface area contributed by atoms with Gasteiger partial charge in [0.15, 0.2) is 0 Å². The molecule has 0 radical (unpaired) electrons. The minimum Gasteiger partial charge on any atom is -0.463 e. The van der Waals surface area contributed by atoms with Crippen LogP contribution in [0.3, 0.4) is 0 Å². The second-order valence-electron chi connectivity index (χ2n) is 3.83. The smallest absolute Gasteiger partial charge is 0.373 e. The molecule has 1 aliphatic carbocycles. The summed E-state index contributed by atoms with van der Waals surface area (Å²) in [4.78, 5) is 11.1. The predicted octanol–water partition coefficient (Wildman–Crippen LogP) is 1.57. The number of hydrogen-bond acceptors (Lipinski definition) is 4. The van der Waals surface area contributed by atoms with Crippen molar-refractivity contribution in [3.63, 3.8) is 0 Å². The first kappa shape index (κ1) is 10.2. The van der Waals surface area contributed by atoms with Crippen molar-refractivity contribution in [2.75, 3.05) is 13.7 Å². The number of ether oxygens (including phenoxy) is 1. The summed E-state index contributed by atoms with van der Waals surface area (Å²) in [5.74, 6) is 1.46. The van der Waals surface area contributed by atoms with Crippen LogP contribution in [-0.4, -0.2) is 19.6 Å². The number of furan rings is 1. The molecular formula is C11H15NO3. The topological polar surface area (TPSA) is 51.5 Å². The van der Waals surface area contributed by atoms with Crippen molar-refractivity contribution in [3.05, 3.63) is 23.7 Å². The van der Waals surface area contributed by atoms with Crippen LogP contribution in [0.4, 0.5) is 0 Å². The summed E-state index contributed by atoms with van der Waals surface area (Å²) in [5, 5.41) is 3.29. The second-order valence-corrected chi connectivity index (χ2v) is 3.83. The molecule has 1 aliphatic rings. The van der Waals surface area contributed by atoms with Crippen LogP contribution in [0.1, 0.15) is 29.2 Å². The fraction of sp³-hybridized carbons (Fsp3) is 0.545. The van der Waals surface area contributed by atoms with Crippen molar-refractivity contribution >= 4 is 5.97 Å². The molecule has 1 aromatic rings. The highest BCUT2D eigenvalue weighted by atomic mass is 16.5. The molecule has 1 aromatic heterocycles. The average Bonchev–Trinajstić information content (AvgIpc) is 2.94. The summed E-state index contributed by atoms with van der Waals surface area (Å²) in [6.45, 7) is 1.71. The minimum absolute atomic E-state index is 0.265.